The lowest BCUT2D eigenvalue weighted by molar-refractivity contribution is -0.141. The van der Waals surface area contributed by atoms with Crippen LogP contribution in [0.15, 0.2) is 71.6 Å². The summed E-state index contributed by atoms with van der Waals surface area (Å²) in [4.78, 5) is 28.7. The fraction of sp³-hybridized carbons (Fsp3) is 0.355. The maximum Gasteiger partial charge on any atom is 0.264 e. The van der Waals surface area contributed by atoms with Gasteiger partial charge in [-0.25, -0.2) is 12.8 Å². The van der Waals surface area contributed by atoms with Gasteiger partial charge >= 0.3 is 0 Å². The first-order valence-corrected chi connectivity index (χ1v) is 15.9. The van der Waals surface area contributed by atoms with Crippen molar-refractivity contribution in [3.8, 4) is 5.75 Å². The number of ether oxygens (including phenoxy) is 1. The van der Waals surface area contributed by atoms with E-state index in [1.165, 1.54) is 17.0 Å². The van der Waals surface area contributed by atoms with Crippen molar-refractivity contribution in [3.63, 3.8) is 0 Å². The Morgan fingerprint density at radius 2 is 1.53 bits per heavy atom. The minimum atomic E-state index is -4.37. The van der Waals surface area contributed by atoms with Gasteiger partial charge in [-0.1, -0.05) is 36.2 Å². The first-order chi connectivity index (χ1) is 20.2. The summed E-state index contributed by atoms with van der Waals surface area (Å²) < 4.78 is 47.9. The Hall–Kier alpha value is -3.34. The van der Waals surface area contributed by atoms with Gasteiger partial charge < -0.3 is 15.0 Å². The molecule has 1 atom stereocenters. The van der Waals surface area contributed by atoms with E-state index in [2.05, 4.69) is 5.32 Å². The zero-order valence-corrected chi connectivity index (χ0v) is 27.1. The molecule has 0 aliphatic rings. The van der Waals surface area contributed by atoms with E-state index in [1.807, 2.05) is 27.7 Å². The van der Waals surface area contributed by atoms with Crippen LogP contribution in [-0.4, -0.2) is 49.9 Å². The molecule has 232 valence electrons. The Bertz CT molecular complexity index is 1510. The van der Waals surface area contributed by atoms with Crippen molar-refractivity contribution in [2.45, 2.75) is 64.1 Å². The van der Waals surface area contributed by atoms with Gasteiger partial charge in [0.25, 0.3) is 10.0 Å². The van der Waals surface area contributed by atoms with Gasteiger partial charge in [0.1, 0.15) is 24.2 Å². The van der Waals surface area contributed by atoms with Gasteiger partial charge in [-0.15, -0.1) is 0 Å². The number of sulfonamides is 1. The SMILES string of the molecule is CCOc1ccc(N(CC(=O)N(Cc2c(Cl)cccc2Cl)[C@@H](CC)C(=O)NC(C)(C)C)S(=O)(=O)c2ccc(F)cc2)cc1. The van der Waals surface area contributed by atoms with E-state index in [1.54, 1.807) is 37.3 Å². The summed E-state index contributed by atoms with van der Waals surface area (Å²) in [7, 11) is -4.37. The Morgan fingerprint density at radius 3 is 2.05 bits per heavy atom. The maximum atomic E-state index is 14.2. The number of nitrogens with one attached hydrogen (secondary N) is 1. The molecule has 2 amide bonds. The normalized spacial score (nSPS) is 12.4. The van der Waals surface area contributed by atoms with E-state index in [4.69, 9.17) is 27.9 Å². The summed E-state index contributed by atoms with van der Waals surface area (Å²) in [6.07, 6.45) is 0.226. The maximum absolute atomic E-state index is 14.2. The lowest BCUT2D eigenvalue weighted by atomic mass is 10.1. The number of nitrogens with zero attached hydrogens (tertiary/aromatic N) is 2. The molecule has 0 saturated carbocycles. The summed E-state index contributed by atoms with van der Waals surface area (Å²) in [6.45, 7) is 8.60. The molecule has 0 spiro atoms. The van der Waals surface area contributed by atoms with E-state index in [0.717, 1.165) is 28.6 Å². The number of amides is 2. The smallest absolute Gasteiger partial charge is 0.264 e. The number of benzene rings is 3. The Labute approximate surface area is 262 Å². The van der Waals surface area contributed by atoms with Crippen LogP contribution in [0.1, 0.15) is 46.6 Å². The molecule has 0 fully saturated rings. The lowest BCUT2D eigenvalue weighted by Gasteiger charge is -2.35. The summed E-state index contributed by atoms with van der Waals surface area (Å²) in [5, 5.41) is 3.49. The second-order valence-electron chi connectivity index (χ2n) is 10.8. The molecule has 3 rings (SSSR count). The largest absolute Gasteiger partial charge is 0.494 e. The summed E-state index contributed by atoms with van der Waals surface area (Å²) in [5.74, 6) is -1.19. The van der Waals surface area contributed by atoms with Crippen molar-refractivity contribution in [2.24, 2.45) is 0 Å². The van der Waals surface area contributed by atoms with Crippen LogP contribution in [-0.2, 0) is 26.2 Å². The van der Waals surface area contributed by atoms with E-state index in [9.17, 15) is 22.4 Å². The third-order valence-corrected chi connectivity index (χ3v) is 8.89. The number of halogens is 3. The standard InChI is InChI=1S/C31H36Cl2FN3O5S/c1-6-28(30(39)35-31(3,4)5)36(19-25-26(32)9-8-10-27(25)33)29(38)20-37(22-13-15-23(16-14-22)42-7-2)43(40,41)24-17-11-21(34)12-18-24/h8-18,28H,6-7,19-20H2,1-5H3,(H,35,39)/t28-/m0/s1. The number of anilines is 1. The minimum Gasteiger partial charge on any atom is -0.494 e. The van der Waals surface area contributed by atoms with Crippen LogP contribution in [0.2, 0.25) is 10.0 Å². The minimum absolute atomic E-state index is 0.152. The number of hydrogen-bond donors (Lipinski definition) is 1. The molecule has 0 heterocycles. The number of carbonyl (C=O) groups is 2. The van der Waals surface area contributed by atoms with E-state index in [-0.39, 0.29) is 23.5 Å². The highest BCUT2D eigenvalue weighted by Crippen LogP contribution is 2.29. The highest BCUT2D eigenvalue weighted by atomic mass is 35.5. The number of rotatable bonds is 12. The quantitative estimate of drug-likeness (QED) is 0.243. The topological polar surface area (TPSA) is 96.0 Å². The molecular weight excluding hydrogens is 616 g/mol. The fourth-order valence-corrected chi connectivity index (χ4v) is 6.30. The van der Waals surface area contributed by atoms with Crippen molar-refractivity contribution >= 4 is 50.7 Å². The summed E-state index contributed by atoms with van der Waals surface area (Å²) in [5.41, 5.74) is -0.0131. The van der Waals surface area contributed by atoms with E-state index in [0.29, 0.717) is 28.0 Å². The molecule has 0 unspecified atom stereocenters. The Balaban J connectivity index is 2.11. The number of hydrogen-bond acceptors (Lipinski definition) is 5. The van der Waals surface area contributed by atoms with Gasteiger partial charge in [-0.3, -0.25) is 13.9 Å². The van der Waals surface area contributed by atoms with Crippen LogP contribution in [0.3, 0.4) is 0 Å². The van der Waals surface area contributed by atoms with Gasteiger partial charge in [0.2, 0.25) is 11.8 Å². The third-order valence-electron chi connectivity index (χ3n) is 6.39. The third kappa shape index (κ3) is 8.84. The molecule has 12 heteroatoms. The molecule has 3 aromatic rings. The zero-order valence-electron chi connectivity index (χ0n) is 24.7. The van der Waals surface area contributed by atoms with Crippen molar-refractivity contribution in [1.82, 2.24) is 10.2 Å². The number of carbonyl (C=O) groups excluding carboxylic acids is 2. The molecule has 3 aromatic carbocycles. The average molecular weight is 653 g/mol. The first kappa shape index (κ1) is 34.2. The molecule has 1 N–H and O–H groups in total. The second kappa shape index (κ2) is 14.4. The van der Waals surface area contributed by atoms with Crippen LogP contribution < -0.4 is 14.4 Å². The molecule has 0 radical (unpaired) electrons. The Morgan fingerprint density at radius 1 is 0.953 bits per heavy atom. The molecular formula is C31H36Cl2FN3O5S. The molecule has 0 aliphatic heterocycles. The van der Waals surface area contributed by atoms with Gasteiger partial charge in [0.15, 0.2) is 0 Å². The molecule has 0 aliphatic carbocycles. The Kier molecular flexibility index (Phi) is 11.5. The van der Waals surface area contributed by atoms with Crippen molar-refractivity contribution in [3.05, 3.63) is 88.2 Å². The van der Waals surface area contributed by atoms with Gasteiger partial charge in [0, 0.05) is 27.7 Å². The molecule has 8 nitrogen and oxygen atoms in total. The summed E-state index contributed by atoms with van der Waals surface area (Å²) in [6, 6.07) is 14.4. The second-order valence-corrected chi connectivity index (χ2v) is 13.5. The predicted molar refractivity (Wildman–Crippen MR) is 168 cm³/mol. The van der Waals surface area contributed by atoms with Crippen LogP contribution >= 0.6 is 23.2 Å². The highest BCUT2D eigenvalue weighted by molar-refractivity contribution is 7.92. The van der Waals surface area contributed by atoms with Gasteiger partial charge in [-0.2, -0.15) is 0 Å². The van der Waals surface area contributed by atoms with Crippen LogP contribution in [0.4, 0.5) is 10.1 Å². The van der Waals surface area contributed by atoms with Crippen LogP contribution in [0.5, 0.6) is 5.75 Å². The molecule has 43 heavy (non-hydrogen) atoms. The monoisotopic (exact) mass is 651 g/mol. The first-order valence-electron chi connectivity index (χ1n) is 13.7. The fourth-order valence-electron chi connectivity index (χ4n) is 4.36. The van der Waals surface area contributed by atoms with E-state index >= 15 is 0 Å². The molecule has 0 aromatic heterocycles. The molecule has 0 bridgehead atoms. The zero-order chi connectivity index (χ0) is 31.9. The summed E-state index contributed by atoms with van der Waals surface area (Å²) >= 11 is 12.9. The van der Waals surface area contributed by atoms with Crippen LogP contribution in [0.25, 0.3) is 0 Å². The van der Waals surface area contributed by atoms with Gasteiger partial charge in [-0.05, 0) is 94.8 Å². The van der Waals surface area contributed by atoms with Crippen molar-refractivity contribution in [1.29, 1.82) is 0 Å². The molecule has 0 saturated heterocycles. The average Bonchev–Trinajstić information content (AvgIpc) is 2.93. The van der Waals surface area contributed by atoms with E-state index < -0.39 is 45.8 Å². The van der Waals surface area contributed by atoms with Crippen LogP contribution in [0, 0.1) is 5.82 Å². The highest BCUT2D eigenvalue weighted by Gasteiger charge is 2.35. The van der Waals surface area contributed by atoms with Crippen molar-refractivity contribution < 1.29 is 27.1 Å². The lowest BCUT2D eigenvalue weighted by Crippen LogP contribution is -2.55. The van der Waals surface area contributed by atoms with Gasteiger partial charge in [0.05, 0.1) is 17.2 Å². The predicted octanol–water partition coefficient (Wildman–Crippen LogP) is 6.45. The van der Waals surface area contributed by atoms with Crippen molar-refractivity contribution in [2.75, 3.05) is 17.5 Å².